The van der Waals surface area contributed by atoms with Crippen LogP contribution in [0, 0.1) is 17.5 Å². The third-order valence-corrected chi connectivity index (χ3v) is 4.06. The highest BCUT2D eigenvalue weighted by molar-refractivity contribution is 6.27. The van der Waals surface area contributed by atoms with E-state index >= 15 is 0 Å². The van der Waals surface area contributed by atoms with Crippen LogP contribution in [0.4, 0.5) is 13.2 Å². The van der Waals surface area contributed by atoms with Gasteiger partial charge in [-0.25, -0.2) is 13.2 Å². The fraction of sp³-hybridized carbons (Fsp3) is 0.571. The van der Waals surface area contributed by atoms with Gasteiger partial charge in [-0.1, -0.05) is 6.42 Å². The quantitative estimate of drug-likeness (QED) is 0.287. The Labute approximate surface area is 125 Å². The number of hydrogen-bond donors (Lipinski definition) is 0. The standard InChI is InChI=1S/C14H21F3O3Si/c1-3-18-14(19-4-2)20-21-7-5-6-10-8-11(15)13(17)12(16)9-10/h8-9,14H,3-7,21H2,1-2H3. The molecule has 0 atom stereocenters. The first-order chi connectivity index (χ1) is 10.1. The van der Waals surface area contributed by atoms with Crippen LogP contribution in [0.3, 0.4) is 0 Å². The van der Waals surface area contributed by atoms with Gasteiger partial charge in [0, 0.05) is 13.2 Å². The molecule has 0 aromatic heterocycles. The Morgan fingerprint density at radius 3 is 2.14 bits per heavy atom. The van der Waals surface area contributed by atoms with E-state index in [9.17, 15) is 13.2 Å². The fourth-order valence-electron chi connectivity index (χ4n) is 1.78. The molecule has 0 radical (unpaired) electrons. The molecule has 0 unspecified atom stereocenters. The van der Waals surface area contributed by atoms with Crippen LogP contribution >= 0.6 is 0 Å². The van der Waals surface area contributed by atoms with Crippen LogP contribution in [0.1, 0.15) is 25.8 Å². The largest absolute Gasteiger partial charge is 0.379 e. The van der Waals surface area contributed by atoms with Crippen molar-refractivity contribution in [2.45, 2.75) is 39.2 Å². The van der Waals surface area contributed by atoms with E-state index in [4.69, 9.17) is 13.9 Å². The van der Waals surface area contributed by atoms with Crippen molar-refractivity contribution < 1.29 is 27.1 Å². The number of rotatable bonds is 10. The van der Waals surface area contributed by atoms with Gasteiger partial charge in [0.1, 0.15) is 0 Å². The van der Waals surface area contributed by atoms with Crippen molar-refractivity contribution in [2.75, 3.05) is 13.2 Å². The first-order valence-electron chi connectivity index (χ1n) is 7.06. The van der Waals surface area contributed by atoms with Crippen molar-refractivity contribution in [3.05, 3.63) is 35.1 Å². The summed E-state index contributed by atoms with van der Waals surface area (Å²) in [7, 11) is -0.831. The Morgan fingerprint density at radius 2 is 1.62 bits per heavy atom. The van der Waals surface area contributed by atoms with Crippen molar-refractivity contribution in [3.8, 4) is 0 Å². The molecular weight excluding hydrogens is 301 g/mol. The summed E-state index contributed by atoms with van der Waals surface area (Å²) in [5.41, 5.74) is 0.451. The Balaban J connectivity index is 2.28. The van der Waals surface area contributed by atoms with Crippen LogP contribution in [-0.2, 0) is 20.3 Å². The number of aryl methyl sites for hydroxylation is 1. The molecule has 0 aliphatic heterocycles. The molecule has 0 aliphatic carbocycles. The van der Waals surface area contributed by atoms with E-state index in [1.807, 2.05) is 13.8 Å². The summed E-state index contributed by atoms with van der Waals surface area (Å²) in [6.45, 7) is 4.11. The van der Waals surface area contributed by atoms with Gasteiger partial charge < -0.3 is 13.9 Å². The summed E-state index contributed by atoms with van der Waals surface area (Å²) in [5.74, 6) is -3.72. The Kier molecular flexibility index (Phi) is 8.59. The number of hydrogen-bond acceptors (Lipinski definition) is 3. The normalized spacial score (nSPS) is 11.9. The topological polar surface area (TPSA) is 27.7 Å². The number of benzene rings is 1. The Morgan fingerprint density at radius 1 is 1.05 bits per heavy atom. The van der Waals surface area contributed by atoms with Crippen molar-refractivity contribution in [1.82, 2.24) is 0 Å². The lowest BCUT2D eigenvalue weighted by Crippen LogP contribution is -2.23. The summed E-state index contributed by atoms with van der Waals surface area (Å²) in [4.78, 5) is 0. The zero-order valence-corrected chi connectivity index (χ0v) is 13.7. The molecule has 0 amide bonds. The molecule has 1 aromatic carbocycles. The summed E-state index contributed by atoms with van der Waals surface area (Å²) in [5, 5.41) is 0. The molecule has 0 heterocycles. The van der Waals surface area contributed by atoms with E-state index in [0.29, 0.717) is 25.2 Å². The molecule has 1 aromatic rings. The molecule has 0 saturated carbocycles. The molecule has 3 nitrogen and oxygen atoms in total. The predicted molar refractivity (Wildman–Crippen MR) is 76.1 cm³/mol. The van der Waals surface area contributed by atoms with Crippen molar-refractivity contribution >= 4 is 9.76 Å². The van der Waals surface area contributed by atoms with Crippen LogP contribution in [0.5, 0.6) is 0 Å². The third kappa shape index (κ3) is 6.60. The first-order valence-corrected chi connectivity index (χ1v) is 8.64. The van der Waals surface area contributed by atoms with Gasteiger partial charge in [-0.15, -0.1) is 0 Å². The second kappa shape index (κ2) is 9.94. The highest BCUT2D eigenvalue weighted by Crippen LogP contribution is 2.15. The van der Waals surface area contributed by atoms with Gasteiger partial charge in [0.25, 0.3) is 6.48 Å². The van der Waals surface area contributed by atoms with E-state index in [1.54, 1.807) is 0 Å². The zero-order valence-electron chi connectivity index (χ0n) is 12.3. The van der Waals surface area contributed by atoms with Crippen molar-refractivity contribution in [3.63, 3.8) is 0 Å². The molecule has 0 bridgehead atoms. The minimum Gasteiger partial charge on any atom is -0.379 e. The maximum absolute atomic E-state index is 13.0. The predicted octanol–water partition coefficient (Wildman–Crippen LogP) is 2.91. The molecular formula is C14H21F3O3Si. The average Bonchev–Trinajstić information content (AvgIpc) is 2.44. The van der Waals surface area contributed by atoms with Crippen molar-refractivity contribution in [1.29, 1.82) is 0 Å². The highest BCUT2D eigenvalue weighted by Gasteiger charge is 2.11. The Hall–Kier alpha value is -0.893. The molecule has 0 spiro atoms. The van der Waals surface area contributed by atoms with Gasteiger partial charge in [0.2, 0.25) is 0 Å². The van der Waals surface area contributed by atoms with Crippen molar-refractivity contribution in [2.24, 2.45) is 0 Å². The molecule has 0 fully saturated rings. The SMILES string of the molecule is CCOC(OCC)O[SiH2]CCCc1cc(F)c(F)c(F)c1. The molecule has 1 rings (SSSR count). The second-order valence-corrected chi connectivity index (χ2v) is 5.85. The average molecular weight is 322 g/mol. The highest BCUT2D eigenvalue weighted by atomic mass is 28.2. The minimum atomic E-state index is -1.42. The molecule has 0 aliphatic rings. The minimum absolute atomic E-state index is 0.451. The molecule has 0 N–H and O–H groups in total. The number of ether oxygens (including phenoxy) is 2. The lowest BCUT2D eigenvalue weighted by atomic mass is 10.1. The summed E-state index contributed by atoms with van der Waals surface area (Å²) in [6, 6.07) is 2.88. The van der Waals surface area contributed by atoms with Gasteiger partial charge in [-0.05, 0) is 44.0 Å². The van der Waals surface area contributed by atoms with Crippen LogP contribution in [-0.4, -0.2) is 29.5 Å². The molecule has 120 valence electrons. The lowest BCUT2D eigenvalue weighted by molar-refractivity contribution is -0.243. The Bertz CT molecular complexity index is 403. The lowest BCUT2D eigenvalue weighted by Gasteiger charge is -2.17. The van der Waals surface area contributed by atoms with Crippen LogP contribution < -0.4 is 0 Å². The molecule has 0 saturated heterocycles. The van der Waals surface area contributed by atoms with Gasteiger partial charge in [-0.2, -0.15) is 0 Å². The van der Waals surface area contributed by atoms with Gasteiger partial charge in [0.05, 0.1) is 0 Å². The van der Waals surface area contributed by atoms with Crippen LogP contribution in [0.25, 0.3) is 0 Å². The van der Waals surface area contributed by atoms with E-state index < -0.39 is 33.7 Å². The van der Waals surface area contributed by atoms with Crippen LogP contribution in [0.2, 0.25) is 6.04 Å². The first kappa shape index (κ1) is 18.2. The monoisotopic (exact) mass is 322 g/mol. The number of halogens is 3. The van der Waals surface area contributed by atoms with Gasteiger partial charge in [0.15, 0.2) is 27.2 Å². The van der Waals surface area contributed by atoms with E-state index in [-0.39, 0.29) is 0 Å². The summed E-state index contributed by atoms with van der Waals surface area (Å²) < 4.78 is 54.8. The third-order valence-electron chi connectivity index (χ3n) is 2.76. The smallest absolute Gasteiger partial charge is 0.261 e. The van der Waals surface area contributed by atoms with Gasteiger partial charge >= 0.3 is 0 Å². The van der Waals surface area contributed by atoms with Gasteiger partial charge in [-0.3, -0.25) is 0 Å². The van der Waals surface area contributed by atoms with E-state index in [2.05, 4.69) is 0 Å². The fourth-order valence-corrected chi connectivity index (χ4v) is 2.79. The zero-order chi connectivity index (χ0) is 15.7. The molecule has 21 heavy (non-hydrogen) atoms. The maximum atomic E-state index is 13.0. The molecule has 7 heteroatoms. The maximum Gasteiger partial charge on any atom is 0.261 e. The second-order valence-electron chi connectivity index (χ2n) is 4.40. The van der Waals surface area contributed by atoms with Crippen LogP contribution in [0.15, 0.2) is 12.1 Å². The summed E-state index contributed by atoms with van der Waals surface area (Å²) in [6.07, 6.45) is 1.21. The summed E-state index contributed by atoms with van der Waals surface area (Å²) >= 11 is 0. The van der Waals surface area contributed by atoms with E-state index in [1.165, 1.54) is 0 Å². The van der Waals surface area contributed by atoms with E-state index in [0.717, 1.165) is 24.6 Å².